The predicted octanol–water partition coefficient (Wildman–Crippen LogP) is 6.10. The van der Waals surface area contributed by atoms with E-state index in [0.717, 1.165) is 35.1 Å². The average molecular weight is 513 g/mol. The van der Waals surface area contributed by atoms with Crippen molar-refractivity contribution >= 4 is 40.6 Å². The van der Waals surface area contributed by atoms with Crippen LogP contribution in [0.2, 0.25) is 10.0 Å². The van der Waals surface area contributed by atoms with Crippen molar-refractivity contribution in [3.05, 3.63) is 68.7 Å². The molecule has 0 spiro atoms. The van der Waals surface area contributed by atoms with Crippen LogP contribution in [-0.2, 0) is 22.4 Å². The number of halogens is 2. The summed E-state index contributed by atoms with van der Waals surface area (Å²) >= 11 is 10.4. The third kappa shape index (κ3) is 6.70. The highest BCUT2D eigenvalue weighted by Crippen LogP contribution is 2.45. The highest BCUT2D eigenvalue weighted by molar-refractivity contribution is 7.77. The van der Waals surface area contributed by atoms with Crippen LogP contribution < -0.4 is 4.72 Å². The van der Waals surface area contributed by atoms with Crippen molar-refractivity contribution in [1.29, 1.82) is 0 Å². The van der Waals surface area contributed by atoms with Crippen LogP contribution in [0.15, 0.2) is 36.4 Å². The van der Waals surface area contributed by atoms with Crippen LogP contribution in [0.25, 0.3) is 0 Å². The number of ether oxygens (including phenoxy) is 1. The smallest absolute Gasteiger partial charge is 0.410 e. The van der Waals surface area contributed by atoms with Gasteiger partial charge in [0.1, 0.15) is 5.60 Å². The Morgan fingerprint density at radius 3 is 2.52 bits per heavy atom. The van der Waals surface area contributed by atoms with Gasteiger partial charge in [0.25, 0.3) is 0 Å². The second kappa shape index (κ2) is 10.7. The first-order valence-electron chi connectivity index (χ1n) is 10.8. The van der Waals surface area contributed by atoms with Gasteiger partial charge >= 0.3 is 6.09 Å². The molecular weight excluding hydrogens is 483 g/mol. The highest BCUT2D eigenvalue weighted by atomic mass is 35.5. The Morgan fingerprint density at radius 2 is 1.88 bits per heavy atom. The van der Waals surface area contributed by atoms with Gasteiger partial charge in [-0.2, -0.15) is 0 Å². The predicted molar refractivity (Wildman–Crippen MR) is 133 cm³/mol. The number of hydrogen-bond acceptors (Lipinski definition) is 3. The molecule has 0 bridgehead atoms. The molecular formula is C24H30Cl2N2O4S. The molecule has 0 heterocycles. The maximum Gasteiger partial charge on any atom is 0.410 e. The zero-order chi connectivity index (χ0) is 24.3. The van der Waals surface area contributed by atoms with Crippen molar-refractivity contribution in [2.45, 2.75) is 57.6 Å². The molecule has 9 heteroatoms. The summed E-state index contributed by atoms with van der Waals surface area (Å²) in [4.78, 5) is 14.5. The minimum Gasteiger partial charge on any atom is -0.444 e. The van der Waals surface area contributed by atoms with E-state index in [9.17, 15) is 9.00 Å². The van der Waals surface area contributed by atoms with Crippen molar-refractivity contribution in [3.8, 4) is 0 Å². The number of nitrogens with one attached hydrogen (secondary N) is 1. The number of benzene rings is 2. The summed E-state index contributed by atoms with van der Waals surface area (Å²) in [6, 6.07) is 11.8. The minimum absolute atomic E-state index is 0.0953. The second-order valence-corrected chi connectivity index (χ2v) is 10.9. The number of carbonyl (C=O) groups is 1. The molecule has 0 saturated heterocycles. The van der Waals surface area contributed by atoms with Gasteiger partial charge in [0.2, 0.25) is 11.3 Å². The SMILES string of the molecule is CN(C(=O)OC(C)(C)C)C1CCC(c2ccc(Cl)c(Cl)c2)c2cc(CCNS(=O)O)ccc21. The summed E-state index contributed by atoms with van der Waals surface area (Å²) in [5.41, 5.74) is 3.71. The number of fused-ring (bicyclic) bond motifs is 1. The van der Waals surface area contributed by atoms with Crippen LogP contribution in [0.1, 0.15) is 67.8 Å². The molecule has 0 aliphatic heterocycles. The lowest BCUT2D eigenvalue weighted by Gasteiger charge is -2.38. The molecule has 6 nitrogen and oxygen atoms in total. The zero-order valence-corrected chi connectivity index (χ0v) is 21.6. The Bertz CT molecular complexity index is 1040. The molecule has 3 atom stereocenters. The molecule has 0 radical (unpaired) electrons. The topological polar surface area (TPSA) is 78.9 Å². The molecule has 1 amide bonds. The zero-order valence-electron chi connectivity index (χ0n) is 19.2. The molecule has 1 aliphatic rings. The molecule has 33 heavy (non-hydrogen) atoms. The van der Waals surface area contributed by atoms with E-state index < -0.39 is 16.9 Å². The van der Waals surface area contributed by atoms with Crippen molar-refractivity contribution in [2.24, 2.45) is 0 Å². The lowest BCUT2D eigenvalue weighted by molar-refractivity contribution is 0.0202. The van der Waals surface area contributed by atoms with Gasteiger partial charge in [-0.3, -0.25) is 4.55 Å². The molecule has 1 aliphatic carbocycles. The fraction of sp³-hybridized carbons (Fsp3) is 0.458. The molecule has 2 aromatic rings. The minimum atomic E-state index is -2.04. The number of amides is 1. The van der Waals surface area contributed by atoms with Crippen LogP contribution in [0, 0.1) is 0 Å². The van der Waals surface area contributed by atoms with E-state index in [-0.39, 0.29) is 18.1 Å². The highest BCUT2D eigenvalue weighted by Gasteiger charge is 2.34. The van der Waals surface area contributed by atoms with E-state index in [4.69, 9.17) is 32.5 Å². The fourth-order valence-electron chi connectivity index (χ4n) is 4.24. The molecule has 3 unspecified atom stereocenters. The lowest BCUT2D eigenvalue weighted by Crippen LogP contribution is -2.38. The number of nitrogens with zero attached hydrogens (tertiary/aromatic N) is 1. The van der Waals surface area contributed by atoms with E-state index in [1.165, 1.54) is 0 Å². The Balaban J connectivity index is 1.97. The fourth-order valence-corrected chi connectivity index (χ4v) is 4.83. The first-order valence-corrected chi connectivity index (χ1v) is 12.7. The quantitative estimate of drug-likeness (QED) is 0.458. The maximum absolute atomic E-state index is 12.8. The van der Waals surface area contributed by atoms with Crippen molar-refractivity contribution in [3.63, 3.8) is 0 Å². The monoisotopic (exact) mass is 512 g/mol. The summed E-state index contributed by atoms with van der Waals surface area (Å²) in [6.07, 6.45) is 1.84. The summed E-state index contributed by atoms with van der Waals surface area (Å²) < 4.78 is 28.0. The molecule has 180 valence electrons. The van der Waals surface area contributed by atoms with Gasteiger partial charge in [-0.25, -0.2) is 13.7 Å². The van der Waals surface area contributed by atoms with Crippen molar-refractivity contribution in [2.75, 3.05) is 13.6 Å². The normalized spacial score (nSPS) is 19.0. The Morgan fingerprint density at radius 1 is 1.15 bits per heavy atom. The maximum atomic E-state index is 12.8. The third-order valence-corrected chi connectivity index (χ3v) is 6.94. The van der Waals surface area contributed by atoms with E-state index >= 15 is 0 Å². The molecule has 0 fully saturated rings. The van der Waals surface area contributed by atoms with Crippen molar-refractivity contribution < 1.29 is 18.3 Å². The van der Waals surface area contributed by atoms with Gasteiger partial charge in [-0.05, 0) is 74.4 Å². The van der Waals surface area contributed by atoms with Gasteiger partial charge in [0.15, 0.2) is 0 Å². The average Bonchev–Trinajstić information content (AvgIpc) is 2.73. The van der Waals surface area contributed by atoms with Gasteiger partial charge in [-0.15, -0.1) is 0 Å². The number of hydrogen-bond donors (Lipinski definition) is 2. The largest absolute Gasteiger partial charge is 0.444 e. The Labute approximate surface area is 208 Å². The molecule has 2 N–H and O–H groups in total. The van der Waals surface area contributed by atoms with Gasteiger partial charge in [-0.1, -0.05) is 47.5 Å². The van der Waals surface area contributed by atoms with Crippen LogP contribution in [-0.4, -0.2) is 38.9 Å². The lowest BCUT2D eigenvalue weighted by atomic mass is 9.75. The first-order chi connectivity index (χ1) is 15.5. The van der Waals surface area contributed by atoms with Gasteiger partial charge in [0.05, 0.1) is 16.1 Å². The standard InChI is InChI=1S/C24H30Cl2N2O4S/c1-24(2,3)32-23(29)28(4)22-10-8-17(16-6-9-20(25)21(26)14-16)19-13-15(5-7-18(19)22)11-12-27-33(30)31/h5-7,9,13-14,17,22,27H,8,10-12H2,1-4H3,(H,30,31). The van der Waals surface area contributed by atoms with Crippen LogP contribution in [0.4, 0.5) is 4.79 Å². The second-order valence-electron chi connectivity index (χ2n) is 9.27. The summed E-state index contributed by atoms with van der Waals surface area (Å²) in [7, 11) is 1.77. The number of rotatable bonds is 6. The number of carbonyl (C=O) groups excluding carboxylic acids is 1. The van der Waals surface area contributed by atoms with Crippen molar-refractivity contribution in [1.82, 2.24) is 9.62 Å². The molecule has 0 aromatic heterocycles. The molecule has 2 aromatic carbocycles. The van der Waals surface area contributed by atoms with E-state index in [1.54, 1.807) is 11.9 Å². The van der Waals surface area contributed by atoms with Gasteiger partial charge in [0, 0.05) is 19.5 Å². The first kappa shape index (κ1) is 26.0. The van der Waals surface area contributed by atoms with E-state index in [1.807, 2.05) is 45.0 Å². The summed E-state index contributed by atoms with van der Waals surface area (Å²) in [6.45, 7) is 5.94. The van der Waals surface area contributed by atoms with Crippen LogP contribution >= 0.6 is 23.2 Å². The summed E-state index contributed by atoms with van der Waals surface area (Å²) in [5, 5.41) is 1.02. The third-order valence-electron chi connectivity index (χ3n) is 5.75. The Hall–Kier alpha value is -1.64. The molecule has 0 saturated carbocycles. The van der Waals surface area contributed by atoms with Gasteiger partial charge < -0.3 is 9.64 Å². The van der Waals surface area contributed by atoms with Crippen LogP contribution in [0.5, 0.6) is 0 Å². The van der Waals surface area contributed by atoms with E-state index in [2.05, 4.69) is 16.9 Å². The molecule has 3 rings (SSSR count). The summed E-state index contributed by atoms with van der Waals surface area (Å²) in [5.74, 6) is 0.0953. The van der Waals surface area contributed by atoms with E-state index in [0.29, 0.717) is 23.0 Å². The Kier molecular flexibility index (Phi) is 8.45. The van der Waals surface area contributed by atoms with Crippen LogP contribution in [0.3, 0.4) is 0 Å².